The summed E-state index contributed by atoms with van der Waals surface area (Å²) in [6.07, 6.45) is -4.15. The van der Waals surface area contributed by atoms with E-state index in [1.165, 1.54) is 14.0 Å². The highest BCUT2D eigenvalue weighted by Gasteiger charge is 2.57. The van der Waals surface area contributed by atoms with Crippen LogP contribution in [0, 0.1) is 0 Å². The average molecular weight is 690 g/mol. The van der Waals surface area contributed by atoms with E-state index in [0.717, 1.165) is 22.3 Å². The van der Waals surface area contributed by atoms with Crippen LogP contribution in [0.3, 0.4) is 0 Å². The molecule has 49 heavy (non-hydrogen) atoms. The lowest BCUT2D eigenvalue weighted by Crippen LogP contribution is -2.64. The summed E-state index contributed by atoms with van der Waals surface area (Å²) in [5, 5.41) is 14.3. The molecule has 1 saturated heterocycles. The van der Waals surface area contributed by atoms with Crippen molar-refractivity contribution in [1.29, 1.82) is 0 Å². The molecule has 1 amide bonds. The lowest BCUT2D eigenvalue weighted by molar-refractivity contribution is -0.179. The van der Waals surface area contributed by atoms with E-state index in [1.807, 2.05) is 121 Å². The Kier molecular flexibility index (Phi) is 13.7. The Labute approximate surface area is 287 Å². The van der Waals surface area contributed by atoms with Crippen LogP contribution >= 0.6 is 7.60 Å². The van der Waals surface area contributed by atoms with Crippen LogP contribution in [-0.2, 0) is 63.8 Å². The first-order valence-electron chi connectivity index (χ1n) is 16.2. The van der Waals surface area contributed by atoms with E-state index in [-0.39, 0.29) is 26.4 Å². The van der Waals surface area contributed by atoms with Gasteiger partial charge in [-0.3, -0.25) is 13.9 Å². The van der Waals surface area contributed by atoms with Crippen molar-refractivity contribution in [3.05, 3.63) is 144 Å². The first-order chi connectivity index (χ1) is 23.9. The summed E-state index contributed by atoms with van der Waals surface area (Å²) in [6, 6.07) is 37.3. The summed E-state index contributed by atoms with van der Waals surface area (Å²) >= 11 is 0. The lowest BCUT2D eigenvalue weighted by Gasteiger charge is -2.47. The standard InChI is InChI=1S/C38H44NO9P/c1-28(40)39-34-36(48-49(42,43-2)38(41)37(34)47-26-32-21-13-6-14-22-32)35(46-25-31-19-11-5-12-20-31)33(45-24-30-17-9-4-10-18-30)27-44-23-29-15-7-3-8-16-29/h3-22,33-38,41H,23-27H2,1-2H3,(H,39,40)/t33-,34-,35+,36+,37+,38-,49+/m0/s1. The summed E-state index contributed by atoms with van der Waals surface area (Å²) in [7, 11) is -3.03. The topological polar surface area (TPSA) is 122 Å². The van der Waals surface area contributed by atoms with Gasteiger partial charge in [-0.2, -0.15) is 0 Å². The van der Waals surface area contributed by atoms with Crippen LogP contribution in [-0.4, -0.2) is 61.0 Å². The Morgan fingerprint density at radius 3 is 1.71 bits per heavy atom. The van der Waals surface area contributed by atoms with Crippen molar-refractivity contribution >= 4 is 13.5 Å². The maximum Gasteiger partial charge on any atom is 0.361 e. The molecule has 0 spiro atoms. The number of hydrogen-bond donors (Lipinski definition) is 2. The number of hydrogen-bond acceptors (Lipinski definition) is 9. The Hall–Kier alpha value is -3.70. The average Bonchev–Trinajstić information content (AvgIpc) is 3.13. The molecule has 0 aliphatic carbocycles. The third-order valence-electron chi connectivity index (χ3n) is 8.18. The third-order valence-corrected chi connectivity index (χ3v) is 10.2. The van der Waals surface area contributed by atoms with E-state index in [2.05, 4.69) is 5.32 Å². The second-order valence-electron chi connectivity index (χ2n) is 11.8. The minimum atomic E-state index is -4.24. The van der Waals surface area contributed by atoms with Gasteiger partial charge in [-0.05, 0) is 22.3 Å². The van der Waals surface area contributed by atoms with E-state index in [4.69, 9.17) is 28.0 Å². The normalized spacial score (nSPS) is 23.4. The van der Waals surface area contributed by atoms with E-state index in [1.54, 1.807) is 0 Å². The van der Waals surface area contributed by atoms with Gasteiger partial charge in [0.05, 0.1) is 39.1 Å². The Balaban J connectivity index is 1.51. The molecule has 0 saturated carbocycles. The molecular weight excluding hydrogens is 645 g/mol. The number of benzene rings is 4. The van der Waals surface area contributed by atoms with Gasteiger partial charge in [0, 0.05) is 14.0 Å². The highest BCUT2D eigenvalue weighted by atomic mass is 31.2. The highest BCUT2D eigenvalue weighted by molar-refractivity contribution is 7.54. The first-order valence-corrected chi connectivity index (χ1v) is 17.8. The summed E-state index contributed by atoms with van der Waals surface area (Å²) in [5.74, 6) is -2.11. The highest BCUT2D eigenvalue weighted by Crippen LogP contribution is 2.58. The van der Waals surface area contributed by atoms with Crippen molar-refractivity contribution in [2.24, 2.45) is 0 Å². The smallest absolute Gasteiger partial charge is 0.361 e. The van der Waals surface area contributed by atoms with Gasteiger partial charge < -0.3 is 33.9 Å². The molecule has 1 fully saturated rings. The first kappa shape index (κ1) is 36.6. The summed E-state index contributed by atoms with van der Waals surface area (Å²) in [4.78, 5) is 12.7. The number of aliphatic hydroxyl groups excluding tert-OH is 1. The molecule has 4 aromatic carbocycles. The maximum atomic E-state index is 14.2. The number of aliphatic hydroxyl groups is 1. The number of nitrogens with one attached hydrogen (secondary N) is 1. The van der Waals surface area contributed by atoms with Crippen molar-refractivity contribution in [3.63, 3.8) is 0 Å². The van der Waals surface area contributed by atoms with Crippen LogP contribution in [0.25, 0.3) is 0 Å². The van der Waals surface area contributed by atoms with E-state index in [9.17, 15) is 14.5 Å². The van der Waals surface area contributed by atoms with E-state index < -0.39 is 49.8 Å². The van der Waals surface area contributed by atoms with Gasteiger partial charge in [0.2, 0.25) is 5.91 Å². The Morgan fingerprint density at radius 2 is 1.22 bits per heavy atom. The van der Waals surface area contributed by atoms with E-state index >= 15 is 0 Å². The van der Waals surface area contributed by atoms with Crippen LogP contribution < -0.4 is 5.32 Å². The molecule has 1 aliphatic heterocycles. The predicted molar refractivity (Wildman–Crippen MR) is 184 cm³/mol. The zero-order chi connectivity index (χ0) is 34.5. The van der Waals surface area contributed by atoms with Crippen molar-refractivity contribution in [2.45, 2.75) is 69.7 Å². The van der Waals surface area contributed by atoms with Gasteiger partial charge in [0.25, 0.3) is 0 Å². The van der Waals surface area contributed by atoms with Gasteiger partial charge in [0.15, 0.2) is 5.85 Å². The van der Waals surface area contributed by atoms with Crippen molar-refractivity contribution < 1.29 is 42.5 Å². The summed E-state index contributed by atoms with van der Waals surface area (Å²) in [5.41, 5.74) is 3.58. The molecule has 0 bridgehead atoms. The molecule has 0 radical (unpaired) electrons. The van der Waals surface area contributed by atoms with Crippen LogP contribution in [0.15, 0.2) is 121 Å². The third kappa shape index (κ3) is 10.4. The van der Waals surface area contributed by atoms with Crippen molar-refractivity contribution in [1.82, 2.24) is 5.32 Å². The molecule has 1 aliphatic rings. The van der Waals surface area contributed by atoms with Crippen molar-refractivity contribution in [2.75, 3.05) is 13.7 Å². The van der Waals surface area contributed by atoms with Crippen LogP contribution in [0.4, 0.5) is 0 Å². The van der Waals surface area contributed by atoms with Crippen LogP contribution in [0.5, 0.6) is 0 Å². The Bertz CT molecular complexity index is 1600. The van der Waals surface area contributed by atoms with Gasteiger partial charge >= 0.3 is 7.60 Å². The SMILES string of the molecule is CO[P@@]1(=O)O[C@@H]([C@H](OCc2ccccc2)[C@H](COCc2ccccc2)OCc2ccccc2)[C@H](NC(C)=O)[C@@H](OCc2ccccc2)[C@H]1O. The molecular formula is C38H44NO9P. The second kappa shape index (κ2) is 18.3. The number of ether oxygens (including phenoxy) is 4. The van der Waals surface area contributed by atoms with Crippen LogP contribution in [0.1, 0.15) is 29.2 Å². The molecule has 10 nitrogen and oxygen atoms in total. The molecule has 1 heterocycles. The molecule has 11 heteroatoms. The molecule has 4 aromatic rings. The molecule has 0 aromatic heterocycles. The summed E-state index contributed by atoms with van der Waals surface area (Å²) < 4.78 is 51.4. The summed E-state index contributed by atoms with van der Waals surface area (Å²) in [6.45, 7) is 2.13. The molecule has 0 unspecified atom stereocenters. The van der Waals surface area contributed by atoms with Gasteiger partial charge in [0.1, 0.15) is 24.4 Å². The minimum absolute atomic E-state index is 0.0587. The maximum absolute atomic E-state index is 14.2. The largest absolute Gasteiger partial charge is 0.378 e. The zero-order valence-electron chi connectivity index (χ0n) is 27.7. The van der Waals surface area contributed by atoms with Gasteiger partial charge in [-0.1, -0.05) is 121 Å². The monoisotopic (exact) mass is 689 g/mol. The van der Waals surface area contributed by atoms with Crippen LogP contribution in [0.2, 0.25) is 0 Å². The van der Waals surface area contributed by atoms with E-state index in [0.29, 0.717) is 6.61 Å². The van der Waals surface area contributed by atoms with Crippen molar-refractivity contribution in [3.8, 4) is 0 Å². The zero-order valence-corrected chi connectivity index (χ0v) is 28.6. The van der Waals surface area contributed by atoms with Gasteiger partial charge in [-0.15, -0.1) is 0 Å². The molecule has 5 rings (SSSR count). The predicted octanol–water partition coefficient (Wildman–Crippen LogP) is 6.02. The number of carbonyl (C=O) groups excluding carboxylic acids is 1. The molecule has 2 N–H and O–H groups in total. The number of carbonyl (C=O) groups is 1. The quantitative estimate of drug-likeness (QED) is 0.128. The fourth-order valence-corrected chi connectivity index (χ4v) is 7.33. The minimum Gasteiger partial charge on any atom is -0.378 e. The Morgan fingerprint density at radius 1 is 0.755 bits per heavy atom. The number of rotatable bonds is 17. The lowest BCUT2D eigenvalue weighted by atomic mass is 9.95. The van der Waals surface area contributed by atoms with Gasteiger partial charge in [-0.25, -0.2) is 0 Å². The second-order valence-corrected chi connectivity index (χ2v) is 14.0. The molecule has 7 atom stereocenters. The fraction of sp³-hybridized carbons (Fsp3) is 0.342. The molecule has 260 valence electrons. The number of amides is 1. The fourth-order valence-electron chi connectivity index (χ4n) is 5.68.